The Hall–Kier alpha value is -0.860. The van der Waals surface area contributed by atoms with Crippen molar-refractivity contribution in [2.75, 3.05) is 0 Å². The molecule has 0 aromatic carbocycles. The highest BCUT2D eigenvalue weighted by Crippen LogP contribution is 1.49. The van der Waals surface area contributed by atoms with E-state index in [0.717, 1.165) is 0 Å². The number of amidine groups is 1. The first-order valence-corrected chi connectivity index (χ1v) is 1.52. The smallest absolute Gasteiger partial charge is 0.212 e. The van der Waals surface area contributed by atoms with Crippen LogP contribution >= 0.6 is 0 Å². The van der Waals surface area contributed by atoms with E-state index in [1.54, 1.807) is 0 Å². The van der Waals surface area contributed by atoms with E-state index in [2.05, 4.69) is 5.32 Å². The molecule has 0 aliphatic carbocycles. The van der Waals surface area contributed by atoms with Gasteiger partial charge in [-0.25, -0.2) is 0 Å². The number of amides is 1. The predicted molar refractivity (Wildman–Crippen MR) is 22.6 cm³/mol. The lowest BCUT2D eigenvalue weighted by atomic mass is 10.7. The maximum Gasteiger partial charge on any atom is 0.212 e. The Kier molecular flexibility index (Phi) is 2.04. The molecule has 0 aromatic rings. The van der Waals surface area contributed by atoms with Crippen molar-refractivity contribution in [3.05, 3.63) is 0 Å². The van der Waals surface area contributed by atoms with Crippen LogP contribution in [0.2, 0.25) is 0 Å². The summed E-state index contributed by atoms with van der Waals surface area (Å²) in [6.45, 7) is 1.49. The van der Waals surface area contributed by atoms with Crippen LogP contribution in [0.3, 0.4) is 0 Å². The van der Waals surface area contributed by atoms with Gasteiger partial charge in [-0.05, 0) is 6.92 Å². The van der Waals surface area contributed by atoms with E-state index in [9.17, 15) is 4.79 Å². The Morgan fingerprint density at radius 3 is 2.50 bits per heavy atom. The van der Waals surface area contributed by atoms with Gasteiger partial charge < -0.3 is 5.32 Å². The van der Waals surface area contributed by atoms with E-state index in [0.29, 0.717) is 6.41 Å². The summed E-state index contributed by atoms with van der Waals surface area (Å²) in [5.74, 6) is 0.171. The number of rotatable bonds is 1. The molecular formula is C3H6N2O. The summed E-state index contributed by atoms with van der Waals surface area (Å²) in [6.07, 6.45) is 0.475. The second-order valence-corrected chi connectivity index (χ2v) is 0.887. The lowest BCUT2D eigenvalue weighted by Gasteiger charge is -1.84. The minimum absolute atomic E-state index is 0.171. The van der Waals surface area contributed by atoms with Gasteiger partial charge in [-0.2, -0.15) is 0 Å². The van der Waals surface area contributed by atoms with E-state index in [-0.39, 0.29) is 5.84 Å². The van der Waals surface area contributed by atoms with E-state index >= 15 is 0 Å². The monoisotopic (exact) mass is 86.0 g/mol. The third-order valence-corrected chi connectivity index (χ3v) is 0.275. The molecule has 0 aromatic heterocycles. The molecule has 0 fully saturated rings. The molecule has 0 aliphatic heterocycles. The van der Waals surface area contributed by atoms with Gasteiger partial charge in [-0.1, -0.05) is 0 Å². The standard InChI is InChI=1S/C3H6N2O/c1-3(4)5-2-6/h2H,1H3,(H2,4,5,6). The van der Waals surface area contributed by atoms with Gasteiger partial charge in [-0.15, -0.1) is 0 Å². The number of hydrogen-bond donors (Lipinski definition) is 2. The largest absolute Gasteiger partial charge is 0.318 e. The summed E-state index contributed by atoms with van der Waals surface area (Å²) in [5, 5.41) is 8.66. The summed E-state index contributed by atoms with van der Waals surface area (Å²) in [7, 11) is 0. The van der Waals surface area contributed by atoms with Crippen LogP contribution in [-0.2, 0) is 4.79 Å². The third kappa shape index (κ3) is 3.14. The first-order valence-electron chi connectivity index (χ1n) is 1.52. The summed E-state index contributed by atoms with van der Waals surface area (Å²) < 4.78 is 0. The average molecular weight is 86.1 g/mol. The zero-order chi connectivity index (χ0) is 4.99. The van der Waals surface area contributed by atoms with Gasteiger partial charge in [-0.3, -0.25) is 10.2 Å². The van der Waals surface area contributed by atoms with Gasteiger partial charge in [0.05, 0.1) is 5.84 Å². The van der Waals surface area contributed by atoms with Gasteiger partial charge in [0.15, 0.2) is 0 Å². The summed E-state index contributed by atoms with van der Waals surface area (Å²) in [5.41, 5.74) is 0. The molecule has 0 radical (unpaired) electrons. The molecule has 0 aliphatic rings. The molecule has 0 unspecified atom stereocenters. The van der Waals surface area contributed by atoms with Crippen molar-refractivity contribution in [2.24, 2.45) is 0 Å². The second kappa shape index (κ2) is 2.38. The van der Waals surface area contributed by atoms with Crippen molar-refractivity contribution in [1.29, 1.82) is 5.41 Å². The second-order valence-electron chi connectivity index (χ2n) is 0.887. The molecule has 0 rings (SSSR count). The molecule has 0 heterocycles. The zero-order valence-electron chi connectivity index (χ0n) is 3.49. The topological polar surface area (TPSA) is 53.0 Å². The molecule has 1 amide bonds. The molecule has 0 spiro atoms. The minimum Gasteiger partial charge on any atom is -0.318 e. The summed E-state index contributed by atoms with van der Waals surface area (Å²) in [4.78, 5) is 9.36. The molecule has 3 heteroatoms. The number of hydrogen-bond acceptors (Lipinski definition) is 2. The van der Waals surface area contributed by atoms with Crippen LogP contribution in [0, 0.1) is 5.41 Å². The number of nitrogens with one attached hydrogen (secondary N) is 2. The molecular weight excluding hydrogens is 80.0 g/mol. The molecule has 3 nitrogen and oxygen atoms in total. The van der Waals surface area contributed by atoms with Crippen molar-refractivity contribution in [1.82, 2.24) is 5.32 Å². The lowest BCUT2D eigenvalue weighted by molar-refractivity contribution is -0.108. The van der Waals surface area contributed by atoms with E-state index in [4.69, 9.17) is 5.41 Å². The van der Waals surface area contributed by atoms with E-state index < -0.39 is 0 Å². The molecule has 34 valence electrons. The van der Waals surface area contributed by atoms with Crippen molar-refractivity contribution in [3.63, 3.8) is 0 Å². The third-order valence-electron chi connectivity index (χ3n) is 0.275. The highest BCUT2D eigenvalue weighted by Gasteiger charge is 1.73. The zero-order valence-corrected chi connectivity index (χ0v) is 3.49. The molecule has 2 N–H and O–H groups in total. The van der Waals surface area contributed by atoms with Gasteiger partial charge in [0.2, 0.25) is 6.41 Å². The van der Waals surface area contributed by atoms with Crippen LogP contribution in [0.4, 0.5) is 0 Å². The predicted octanol–water partition coefficient (Wildman–Crippen LogP) is -0.270. The summed E-state index contributed by atoms with van der Waals surface area (Å²) in [6, 6.07) is 0. The minimum atomic E-state index is 0.171. The van der Waals surface area contributed by atoms with E-state index in [1.165, 1.54) is 6.92 Å². The first-order chi connectivity index (χ1) is 2.77. The Labute approximate surface area is 35.9 Å². The Balaban J connectivity index is 3.05. The quantitative estimate of drug-likeness (QED) is 0.257. The highest BCUT2D eigenvalue weighted by atomic mass is 16.1. The summed E-state index contributed by atoms with van der Waals surface area (Å²) >= 11 is 0. The Morgan fingerprint density at radius 2 is 2.50 bits per heavy atom. The van der Waals surface area contributed by atoms with Gasteiger partial charge in [0.1, 0.15) is 0 Å². The fourth-order valence-corrected chi connectivity index (χ4v) is 0.0884. The van der Waals surface area contributed by atoms with Crippen LogP contribution < -0.4 is 5.32 Å². The van der Waals surface area contributed by atoms with Crippen molar-refractivity contribution < 1.29 is 4.79 Å². The lowest BCUT2D eigenvalue weighted by Crippen LogP contribution is -2.15. The number of carbonyl (C=O) groups is 1. The maximum absolute atomic E-state index is 9.36. The molecule has 0 saturated heterocycles. The molecule has 0 saturated carbocycles. The molecule has 6 heavy (non-hydrogen) atoms. The fourth-order valence-electron chi connectivity index (χ4n) is 0.0884. The first kappa shape index (κ1) is 5.14. The van der Waals surface area contributed by atoms with Crippen molar-refractivity contribution in [2.45, 2.75) is 6.92 Å². The van der Waals surface area contributed by atoms with E-state index in [1.807, 2.05) is 0 Å². The fraction of sp³-hybridized carbons (Fsp3) is 0.333. The normalized spacial score (nSPS) is 6.83. The highest BCUT2D eigenvalue weighted by molar-refractivity contribution is 5.85. The molecule has 0 atom stereocenters. The number of carbonyl (C=O) groups excluding carboxylic acids is 1. The van der Waals surface area contributed by atoms with Crippen molar-refractivity contribution in [3.8, 4) is 0 Å². The van der Waals surface area contributed by atoms with Crippen LogP contribution in [-0.4, -0.2) is 12.2 Å². The van der Waals surface area contributed by atoms with Crippen LogP contribution in [0.15, 0.2) is 0 Å². The molecule has 0 bridgehead atoms. The average Bonchev–Trinajstić information content (AvgIpc) is 1.35. The Morgan fingerprint density at radius 1 is 2.00 bits per heavy atom. The van der Waals surface area contributed by atoms with Crippen LogP contribution in [0.25, 0.3) is 0 Å². The van der Waals surface area contributed by atoms with Crippen LogP contribution in [0.1, 0.15) is 6.92 Å². The van der Waals surface area contributed by atoms with Gasteiger partial charge >= 0.3 is 0 Å². The van der Waals surface area contributed by atoms with Gasteiger partial charge in [0.25, 0.3) is 0 Å². The van der Waals surface area contributed by atoms with Crippen molar-refractivity contribution >= 4 is 12.2 Å². The SMILES string of the molecule is CC(=N)NC=O. The van der Waals surface area contributed by atoms with Gasteiger partial charge in [0, 0.05) is 0 Å². The maximum atomic E-state index is 9.36. The Bertz CT molecular complexity index is 69.2. The van der Waals surface area contributed by atoms with Crippen LogP contribution in [0.5, 0.6) is 0 Å².